The highest BCUT2D eigenvalue weighted by atomic mass is 19.1. The lowest BCUT2D eigenvalue weighted by Gasteiger charge is -2.18. The van der Waals surface area contributed by atoms with E-state index in [9.17, 15) is 29.5 Å². The van der Waals surface area contributed by atoms with Crippen LogP contribution in [0, 0.1) is 22.9 Å². The molecule has 0 aliphatic heterocycles. The smallest absolute Gasteiger partial charge is 0.376 e. The van der Waals surface area contributed by atoms with Gasteiger partial charge in [0.2, 0.25) is 11.6 Å². The number of pyridine rings is 3. The molecule has 0 spiro atoms. The van der Waals surface area contributed by atoms with Crippen LogP contribution in [0.5, 0.6) is 11.6 Å². The third-order valence-corrected chi connectivity index (χ3v) is 4.14. The van der Waals surface area contributed by atoms with Gasteiger partial charge in [-0.05, 0) is 30.5 Å². The molecule has 0 radical (unpaired) electrons. The molecule has 2 N–H and O–H groups in total. The molecule has 3 rings (SSSR count). The van der Waals surface area contributed by atoms with Crippen LogP contribution in [0.25, 0.3) is 16.7 Å². The summed E-state index contributed by atoms with van der Waals surface area (Å²) in [6.07, 6.45) is 1.53. The van der Waals surface area contributed by atoms with Crippen LogP contribution in [0.3, 0.4) is 0 Å². The van der Waals surface area contributed by atoms with Gasteiger partial charge in [0.15, 0.2) is 11.5 Å². The van der Waals surface area contributed by atoms with E-state index >= 15 is 0 Å². The van der Waals surface area contributed by atoms with Gasteiger partial charge in [-0.3, -0.25) is 24.5 Å². The van der Waals surface area contributed by atoms with Gasteiger partial charge in [-0.2, -0.15) is 4.98 Å². The lowest BCUT2D eigenvalue weighted by atomic mass is 10.0. The summed E-state index contributed by atoms with van der Waals surface area (Å²) in [5, 5.41) is 30.8. The van der Waals surface area contributed by atoms with E-state index in [-0.39, 0.29) is 22.6 Å². The lowest BCUT2D eigenvalue weighted by Crippen LogP contribution is -2.25. The molecule has 0 unspecified atom stereocenters. The molecule has 0 aromatic carbocycles. The molecule has 3 aromatic heterocycles. The first-order valence-corrected chi connectivity index (χ1v) is 7.92. The van der Waals surface area contributed by atoms with Crippen molar-refractivity contribution in [3.8, 4) is 17.3 Å². The fraction of sp³-hybridized carbons (Fsp3) is 0.235. The maximum atomic E-state index is 13.8. The zero-order chi connectivity index (χ0) is 20.0. The van der Waals surface area contributed by atoms with E-state index in [0.717, 1.165) is 4.57 Å². The van der Waals surface area contributed by atoms with Crippen LogP contribution in [-0.4, -0.2) is 29.7 Å². The number of nitro groups is 1. The molecule has 9 nitrogen and oxygen atoms in total. The Morgan fingerprint density at radius 3 is 2.59 bits per heavy atom. The molecule has 0 bridgehead atoms. The molecule has 27 heavy (non-hydrogen) atoms. The van der Waals surface area contributed by atoms with Crippen molar-refractivity contribution >= 4 is 16.7 Å². The fourth-order valence-electron chi connectivity index (χ4n) is 2.90. The van der Waals surface area contributed by atoms with E-state index in [2.05, 4.69) is 9.97 Å². The van der Waals surface area contributed by atoms with Crippen molar-refractivity contribution in [2.24, 2.45) is 0 Å². The summed E-state index contributed by atoms with van der Waals surface area (Å²) in [4.78, 5) is 31.1. The van der Waals surface area contributed by atoms with Gasteiger partial charge in [-0.1, -0.05) is 13.8 Å². The standard InChI is InChI=1S/C17H15FN4O5/c1-7(2)11-12(8(3)4-5-19-11)21-15-9(6-10(18)16(24)20-15)14(23)13(17(21)25)22(26)27/h4-7,23H,1-3H3,(H,20,24). The summed E-state index contributed by atoms with van der Waals surface area (Å²) in [6.45, 7) is 5.30. The molecular weight excluding hydrogens is 359 g/mol. The highest BCUT2D eigenvalue weighted by molar-refractivity contribution is 5.88. The summed E-state index contributed by atoms with van der Waals surface area (Å²) in [6, 6.07) is 2.29. The second-order valence-corrected chi connectivity index (χ2v) is 6.28. The number of halogens is 1. The number of aromatic hydroxyl groups is 2. The van der Waals surface area contributed by atoms with Crippen molar-refractivity contribution in [1.82, 2.24) is 14.5 Å². The van der Waals surface area contributed by atoms with Gasteiger partial charge < -0.3 is 10.2 Å². The largest absolute Gasteiger partial charge is 0.501 e. The van der Waals surface area contributed by atoms with Crippen LogP contribution in [0.2, 0.25) is 0 Å². The Balaban J connectivity index is 2.64. The zero-order valence-corrected chi connectivity index (χ0v) is 14.6. The lowest BCUT2D eigenvalue weighted by molar-refractivity contribution is -0.387. The molecular formula is C17H15FN4O5. The predicted molar refractivity (Wildman–Crippen MR) is 93.9 cm³/mol. The first-order chi connectivity index (χ1) is 12.6. The molecule has 0 aliphatic carbocycles. The van der Waals surface area contributed by atoms with Crippen LogP contribution in [0.15, 0.2) is 23.1 Å². The SMILES string of the molecule is Cc1ccnc(C(C)C)c1-n1c(=O)c([N+](=O)[O-])c(O)c2cc(F)c(O)nc21. The van der Waals surface area contributed by atoms with Crippen LogP contribution < -0.4 is 5.56 Å². The van der Waals surface area contributed by atoms with Gasteiger partial charge in [0.25, 0.3) is 0 Å². The molecule has 0 atom stereocenters. The monoisotopic (exact) mass is 374 g/mol. The minimum absolute atomic E-state index is 0.163. The average Bonchev–Trinajstić information content (AvgIpc) is 2.57. The topological polar surface area (TPSA) is 131 Å². The zero-order valence-electron chi connectivity index (χ0n) is 14.6. The van der Waals surface area contributed by atoms with Crippen LogP contribution in [0.4, 0.5) is 10.1 Å². The number of nitrogens with zero attached hydrogens (tertiary/aromatic N) is 4. The number of aromatic nitrogens is 3. The molecule has 0 fully saturated rings. The second kappa shape index (κ2) is 6.31. The summed E-state index contributed by atoms with van der Waals surface area (Å²) in [5.41, 5.74) is -1.37. The fourth-order valence-corrected chi connectivity index (χ4v) is 2.90. The highest BCUT2D eigenvalue weighted by Gasteiger charge is 2.30. The van der Waals surface area contributed by atoms with Crippen molar-refractivity contribution < 1.29 is 19.5 Å². The Hall–Kier alpha value is -3.56. The summed E-state index contributed by atoms with van der Waals surface area (Å²) < 4.78 is 14.7. The Bertz CT molecular complexity index is 1160. The van der Waals surface area contributed by atoms with Gasteiger partial charge in [-0.15, -0.1) is 0 Å². The number of fused-ring (bicyclic) bond motifs is 1. The van der Waals surface area contributed by atoms with Crippen molar-refractivity contribution in [3.63, 3.8) is 0 Å². The number of hydrogen-bond acceptors (Lipinski definition) is 7. The maximum absolute atomic E-state index is 13.8. The minimum Gasteiger partial charge on any atom is -0.501 e. The predicted octanol–water partition coefficient (Wildman–Crippen LogP) is 2.67. The van der Waals surface area contributed by atoms with Gasteiger partial charge in [0.1, 0.15) is 0 Å². The molecule has 0 saturated carbocycles. The third kappa shape index (κ3) is 2.75. The summed E-state index contributed by atoms with van der Waals surface area (Å²) >= 11 is 0. The Morgan fingerprint density at radius 1 is 1.33 bits per heavy atom. The van der Waals surface area contributed by atoms with E-state index in [1.807, 2.05) is 13.8 Å². The molecule has 0 aliphatic rings. The quantitative estimate of drug-likeness (QED) is 0.532. The first kappa shape index (κ1) is 18.2. The van der Waals surface area contributed by atoms with E-state index in [1.165, 1.54) is 6.20 Å². The molecule has 3 heterocycles. The van der Waals surface area contributed by atoms with Crippen molar-refractivity contribution in [3.05, 3.63) is 55.9 Å². The van der Waals surface area contributed by atoms with Crippen LogP contribution >= 0.6 is 0 Å². The van der Waals surface area contributed by atoms with E-state index in [1.54, 1.807) is 13.0 Å². The van der Waals surface area contributed by atoms with Crippen LogP contribution in [0.1, 0.15) is 31.0 Å². The summed E-state index contributed by atoms with van der Waals surface area (Å²) in [5.74, 6) is -3.38. The van der Waals surface area contributed by atoms with E-state index in [0.29, 0.717) is 17.3 Å². The summed E-state index contributed by atoms with van der Waals surface area (Å²) in [7, 11) is 0. The van der Waals surface area contributed by atoms with Crippen molar-refractivity contribution in [1.29, 1.82) is 0 Å². The first-order valence-electron chi connectivity index (χ1n) is 7.92. The van der Waals surface area contributed by atoms with Crippen molar-refractivity contribution in [2.75, 3.05) is 0 Å². The number of hydrogen-bond donors (Lipinski definition) is 2. The van der Waals surface area contributed by atoms with E-state index in [4.69, 9.17) is 0 Å². The van der Waals surface area contributed by atoms with Gasteiger partial charge in [0, 0.05) is 6.20 Å². The third-order valence-electron chi connectivity index (χ3n) is 4.14. The molecule has 10 heteroatoms. The molecule has 140 valence electrons. The molecule has 0 amide bonds. The second-order valence-electron chi connectivity index (χ2n) is 6.28. The number of aryl methyl sites for hydroxylation is 1. The van der Waals surface area contributed by atoms with Crippen molar-refractivity contribution in [2.45, 2.75) is 26.7 Å². The highest BCUT2D eigenvalue weighted by Crippen LogP contribution is 2.35. The number of rotatable bonds is 3. The molecule has 0 saturated heterocycles. The minimum atomic E-state index is -1.19. The Labute approximate surface area is 151 Å². The van der Waals surface area contributed by atoms with E-state index < -0.39 is 33.6 Å². The maximum Gasteiger partial charge on any atom is 0.376 e. The normalized spacial score (nSPS) is 11.3. The van der Waals surface area contributed by atoms with Gasteiger partial charge in [0.05, 0.1) is 21.7 Å². The van der Waals surface area contributed by atoms with Crippen LogP contribution in [-0.2, 0) is 0 Å². The Kier molecular flexibility index (Phi) is 4.26. The van der Waals surface area contributed by atoms with Gasteiger partial charge in [-0.25, -0.2) is 4.39 Å². The average molecular weight is 374 g/mol. The van der Waals surface area contributed by atoms with Gasteiger partial charge >= 0.3 is 11.2 Å². The molecule has 3 aromatic rings. The Morgan fingerprint density at radius 2 is 2.00 bits per heavy atom.